The van der Waals surface area contributed by atoms with Crippen molar-refractivity contribution in [1.29, 1.82) is 0 Å². The van der Waals surface area contributed by atoms with E-state index in [2.05, 4.69) is 49.5 Å². The molecule has 0 aliphatic carbocycles. The van der Waals surface area contributed by atoms with Crippen molar-refractivity contribution in [1.82, 2.24) is 10.2 Å². The number of carbonyl (C=O) groups is 2. The van der Waals surface area contributed by atoms with E-state index in [4.69, 9.17) is 0 Å². The van der Waals surface area contributed by atoms with Crippen LogP contribution in [0.1, 0.15) is 48.7 Å². The summed E-state index contributed by atoms with van der Waals surface area (Å²) >= 11 is 3.37. The fourth-order valence-corrected chi connectivity index (χ4v) is 6.21. The van der Waals surface area contributed by atoms with Gasteiger partial charge in [0.05, 0.1) is 10.9 Å². The van der Waals surface area contributed by atoms with E-state index in [-0.39, 0.29) is 28.8 Å². The number of nitrogens with one attached hydrogen (secondary N) is 1. The normalized spacial score (nSPS) is 25.5. The van der Waals surface area contributed by atoms with Crippen molar-refractivity contribution in [3.05, 3.63) is 57.8 Å². The standard InChI is InChI=1S/C21H24N2O2S2/c1-3-14-6-8-15(9-7-14)19(17-5-4-12-26-17)22-20(25)16-13-27-21(2)11-10-18(24)23(16)21/h4-9,12,16,19H,3,10-11,13H2,1-2H3,(H,22,25)/t16-,19+,21+/m1/s1. The van der Waals surface area contributed by atoms with Gasteiger partial charge in [0.25, 0.3) is 0 Å². The summed E-state index contributed by atoms with van der Waals surface area (Å²) in [4.78, 5) is 28.2. The molecule has 1 N–H and O–H groups in total. The molecule has 2 aliphatic heterocycles. The SMILES string of the molecule is CCc1ccc([C@H](NC(=O)[C@H]2CS[C@@]3(C)CCC(=O)N23)c2cccs2)cc1. The highest BCUT2D eigenvalue weighted by Crippen LogP contribution is 2.47. The Morgan fingerprint density at radius 3 is 2.78 bits per heavy atom. The van der Waals surface area contributed by atoms with E-state index in [9.17, 15) is 9.59 Å². The Morgan fingerprint density at radius 2 is 2.11 bits per heavy atom. The van der Waals surface area contributed by atoms with Crippen LogP contribution in [0.3, 0.4) is 0 Å². The van der Waals surface area contributed by atoms with Gasteiger partial charge in [-0.05, 0) is 42.3 Å². The number of benzene rings is 1. The second-order valence-corrected chi connectivity index (χ2v) is 9.80. The van der Waals surface area contributed by atoms with Gasteiger partial charge in [-0.15, -0.1) is 23.1 Å². The third-order valence-corrected chi connectivity index (χ3v) is 8.03. The number of nitrogens with zero attached hydrogens (tertiary/aromatic N) is 1. The molecular weight excluding hydrogens is 376 g/mol. The first-order valence-corrected chi connectivity index (χ1v) is 11.3. The lowest BCUT2D eigenvalue weighted by atomic mass is 10.0. The summed E-state index contributed by atoms with van der Waals surface area (Å²) in [7, 11) is 0. The quantitative estimate of drug-likeness (QED) is 0.826. The van der Waals surface area contributed by atoms with Gasteiger partial charge in [-0.25, -0.2) is 0 Å². The molecule has 4 nitrogen and oxygen atoms in total. The van der Waals surface area contributed by atoms with Gasteiger partial charge in [-0.3, -0.25) is 9.59 Å². The first-order valence-electron chi connectivity index (χ1n) is 9.40. The molecule has 0 spiro atoms. The molecule has 2 fully saturated rings. The van der Waals surface area contributed by atoms with Gasteiger partial charge >= 0.3 is 0 Å². The number of carbonyl (C=O) groups excluding carboxylic acids is 2. The summed E-state index contributed by atoms with van der Waals surface area (Å²) in [5.41, 5.74) is 2.35. The van der Waals surface area contributed by atoms with Crippen molar-refractivity contribution < 1.29 is 9.59 Å². The highest BCUT2D eigenvalue weighted by molar-refractivity contribution is 8.01. The van der Waals surface area contributed by atoms with E-state index in [1.807, 2.05) is 16.3 Å². The first kappa shape index (κ1) is 18.6. The summed E-state index contributed by atoms with van der Waals surface area (Å²) in [5.74, 6) is 0.710. The highest BCUT2D eigenvalue weighted by atomic mass is 32.2. The number of thiophene rings is 1. The third kappa shape index (κ3) is 3.41. The minimum absolute atomic E-state index is 0.0561. The van der Waals surface area contributed by atoms with Gasteiger partial charge in [-0.1, -0.05) is 37.3 Å². The molecule has 0 unspecified atom stereocenters. The molecule has 3 heterocycles. The van der Waals surface area contributed by atoms with Crippen LogP contribution < -0.4 is 5.32 Å². The van der Waals surface area contributed by atoms with Crippen molar-refractivity contribution >= 4 is 34.9 Å². The average Bonchev–Trinajstić information content (AvgIpc) is 3.38. The largest absolute Gasteiger partial charge is 0.343 e. The Morgan fingerprint density at radius 1 is 1.33 bits per heavy atom. The average molecular weight is 401 g/mol. The Bertz CT molecular complexity index is 834. The molecular formula is C21H24N2O2S2. The molecule has 3 atom stereocenters. The maximum atomic E-state index is 13.2. The van der Waals surface area contributed by atoms with Crippen molar-refractivity contribution in [2.75, 3.05) is 5.75 Å². The maximum Gasteiger partial charge on any atom is 0.244 e. The second kappa shape index (κ2) is 7.32. The summed E-state index contributed by atoms with van der Waals surface area (Å²) in [6.07, 6.45) is 2.36. The number of fused-ring (bicyclic) bond motifs is 1. The van der Waals surface area contributed by atoms with Crippen LogP contribution in [0.5, 0.6) is 0 Å². The smallest absolute Gasteiger partial charge is 0.244 e. The molecule has 6 heteroatoms. The Balaban J connectivity index is 1.58. The Labute approximate surface area is 168 Å². The van der Waals surface area contributed by atoms with E-state index in [1.54, 1.807) is 23.1 Å². The van der Waals surface area contributed by atoms with E-state index < -0.39 is 0 Å². The molecule has 27 heavy (non-hydrogen) atoms. The summed E-state index contributed by atoms with van der Waals surface area (Å²) in [6.45, 7) is 4.21. The van der Waals surface area contributed by atoms with Gasteiger partial charge in [0.15, 0.2) is 0 Å². The number of thioether (sulfide) groups is 1. The number of hydrogen-bond acceptors (Lipinski definition) is 4. The number of amides is 2. The molecule has 142 valence electrons. The predicted molar refractivity (Wildman–Crippen MR) is 111 cm³/mol. The predicted octanol–water partition coefficient (Wildman–Crippen LogP) is 3.97. The maximum absolute atomic E-state index is 13.2. The zero-order valence-electron chi connectivity index (χ0n) is 15.6. The fraction of sp³-hybridized carbons (Fsp3) is 0.429. The van der Waals surface area contributed by atoms with E-state index in [1.165, 1.54) is 5.56 Å². The van der Waals surface area contributed by atoms with Crippen LogP contribution in [0, 0.1) is 0 Å². The summed E-state index contributed by atoms with van der Waals surface area (Å²) in [5, 5.41) is 5.26. The lowest BCUT2D eigenvalue weighted by Gasteiger charge is -2.31. The summed E-state index contributed by atoms with van der Waals surface area (Å²) in [6, 6.07) is 11.9. The molecule has 2 saturated heterocycles. The fourth-order valence-electron chi connectivity index (χ4n) is 3.97. The van der Waals surface area contributed by atoms with Crippen LogP contribution in [-0.2, 0) is 16.0 Å². The zero-order valence-corrected chi connectivity index (χ0v) is 17.2. The van der Waals surface area contributed by atoms with E-state index >= 15 is 0 Å². The van der Waals surface area contributed by atoms with Crippen molar-refractivity contribution in [2.24, 2.45) is 0 Å². The summed E-state index contributed by atoms with van der Waals surface area (Å²) < 4.78 is 0. The molecule has 0 radical (unpaired) electrons. The molecule has 1 aromatic carbocycles. The van der Waals surface area contributed by atoms with Crippen molar-refractivity contribution in [3.8, 4) is 0 Å². The van der Waals surface area contributed by atoms with Gasteiger partial charge in [-0.2, -0.15) is 0 Å². The van der Waals surface area contributed by atoms with Crippen LogP contribution >= 0.6 is 23.1 Å². The number of aryl methyl sites for hydroxylation is 1. The van der Waals surface area contributed by atoms with Crippen LogP contribution in [0.25, 0.3) is 0 Å². The number of hydrogen-bond donors (Lipinski definition) is 1. The van der Waals surface area contributed by atoms with E-state index in [0.717, 1.165) is 23.3 Å². The first-order chi connectivity index (χ1) is 13.0. The topological polar surface area (TPSA) is 49.4 Å². The van der Waals surface area contributed by atoms with Crippen molar-refractivity contribution in [2.45, 2.75) is 50.1 Å². The molecule has 1 aromatic heterocycles. The molecule has 0 saturated carbocycles. The minimum Gasteiger partial charge on any atom is -0.343 e. The second-order valence-electron chi connectivity index (χ2n) is 7.32. The molecule has 2 aliphatic rings. The van der Waals surface area contributed by atoms with Gasteiger partial charge in [0.1, 0.15) is 6.04 Å². The minimum atomic E-state index is -0.382. The van der Waals surface area contributed by atoms with Crippen LogP contribution in [0.15, 0.2) is 41.8 Å². The molecule has 2 amide bonds. The third-order valence-electron chi connectivity index (χ3n) is 5.58. The van der Waals surface area contributed by atoms with Crippen LogP contribution in [-0.4, -0.2) is 33.4 Å². The molecule has 2 aromatic rings. The zero-order chi connectivity index (χ0) is 19.0. The Hall–Kier alpha value is -1.79. The lowest BCUT2D eigenvalue weighted by Crippen LogP contribution is -2.50. The van der Waals surface area contributed by atoms with Gasteiger partial charge in [0, 0.05) is 17.1 Å². The van der Waals surface area contributed by atoms with Gasteiger partial charge in [0.2, 0.25) is 11.8 Å². The Kier molecular flexibility index (Phi) is 5.03. The molecule has 0 bridgehead atoms. The van der Waals surface area contributed by atoms with Crippen LogP contribution in [0.4, 0.5) is 0 Å². The van der Waals surface area contributed by atoms with E-state index in [0.29, 0.717) is 12.2 Å². The van der Waals surface area contributed by atoms with Crippen LogP contribution in [0.2, 0.25) is 0 Å². The molecule has 4 rings (SSSR count). The monoisotopic (exact) mass is 400 g/mol. The lowest BCUT2D eigenvalue weighted by molar-refractivity contribution is -0.138. The van der Waals surface area contributed by atoms with Crippen molar-refractivity contribution in [3.63, 3.8) is 0 Å². The highest BCUT2D eigenvalue weighted by Gasteiger charge is 2.53. The number of rotatable bonds is 5. The van der Waals surface area contributed by atoms with Gasteiger partial charge < -0.3 is 10.2 Å².